The molecule has 3 rings (SSSR count). The fraction of sp³-hybridized carbons (Fsp3) is 0.0909. The predicted octanol–water partition coefficient (Wildman–Crippen LogP) is 2.68. The molecule has 2 aromatic carbocycles. The van der Waals surface area contributed by atoms with E-state index in [9.17, 15) is 9.90 Å². The van der Waals surface area contributed by atoms with E-state index < -0.39 is 11.9 Å². The van der Waals surface area contributed by atoms with Crippen molar-refractivity contribution in [2.75, 3.05) is 12.4 Å². The van der Waals surface area contributed by atoms with Crippen LogP contribution in [0.4, 0.5) is 5.69 Å². The number of ether oxygens (including phenoxy) is 1. The van der Waals surface area contributed by atoms with Crippen molar-refractivity contribution in [3.05, 3.63) is 89.2 Å². The molecule has 9 heteroatoms. The van der Waals surface area contributed by atoms with Crippen molar-refractivity contribution in [2.45, 2.75) is 6.04 Å². The molecule has 1 amide bonds. The molecular weight excluding hydrogens is 393 g/mol. The lowest BCUT2D eigenvalue weighted by atomic mass is 9.98. The van der Waals surface area contributed by atoms with Gasteiger partial charge in [-0.1, -0.05) is 24.3 Å². The van der Waals surface area contributed by atoms with Crippen molar-refractivity contribution in [3.8, 4) is 11.8 Å². The number of amides is 1. The molecule has 0 saturated carbocycles. The van der Waals surface area contributed by atoms with Crippen LogP contribution in [0.3, 0.4) is 0 Å². The first kappa shape index (κ1) is 21.4. The molecule has 3 N–H and O–H groups in total. The number of anilines is 1. The molecule has 0 saturated heterocycles. The molecule has 31 heavy (non-hydrogen) atoms. The van der Waals surface area contributed by atoms with Crippen LogP contribution in [0.2, 0.25) is 0 Å². The second kappa shape index (κ2) is 9.94. The second-order valence-electron chi connectivity index (χ2n) is 6.43. The van der Waals surface area contributed by atoms with Gasteiger partial charge < -0.3 is 25.4 Å². The van der Waals surface area contributed by atoms with Crippen molar-refractivity contribution in [2.24, 2.45) is 4.90 Å². The first-order chi connectivity index (χ1) is 15.0. The molecule has 152 valence electrons. The maximum Gasteiger partial charge on any atom is 0.274 e. The minimum absolute atomic E-state index is 0.120. The van der Waals surface area contributed by atoms with Gasteiger partial charge >= 0.3 is 0 Å². The van der Waals surface area contributed by atoms with Crippen molar-refractivity contribution >= 4 is 25.6 Å². The Morgan fingerprint density at radius 2 is 1.97 bits per heavy atom. The normalized spacial score (nSPS) is 11.8. The predicted molar refractivity (Wildman–Crippen MR) is 117 cm³/mol. The van der Waals surface area contributed by atoms with Gasteiger partial charge in [-0.25, -0.2) is 4.98 Å². The van der Waals surface area contributed by atoms with Gasteiger partial charge in [0.05, 0.1) is 18.7 Å². The zero-order valence-electron chi connectivity index (χ0n) is 16.6. The van der Waals surface area contributed by atoms with Crippen LogP contribution in [0.1, 0.15) is 33.2 Å². The highest BCUT2D eigenvalue weighted by Crippen LogP contribution is 2.26. The van der Waals surface area contributed by atoms with E-state index in [2.05, 4.69) is 20.5 Å². The summed E-state index contributed by atoms with van der Waals surface area (Å²) in [5, 5.41) is 24.4. The number of methoxy groups -OCH3 is 1. The molecule has 1 atom stereocenters. The van der Waals surface area contributed by atoms with Crippen molar-refractivity contribution in [1.29, 1.82) is 5.26 Å². The van der Waals surface area contributed by atoms with E-state index in [1.54, 1.807) is 42.5 Å². The summed E-state index contributed by atoms with van der Waals surface area (Å²) < 4.78 is 5.13. The van der Waals surface area contributed by atoms with Crippen LogP contribution in [0.25, 0.3) is 0 Å². The number of nitriles is 1. The van der Waals surface area contributed by atoms with Crippen LogP contribution < -0.4 is 10.6 Å². The molecule has 1 unspecified atom stereocenters. The van der Waals surface area contributed by atoms with E-state index in [-0.39, 0.29) is 17.5 Å². The van der Waals surface area contributed by atoms with Gasteiger partial charge in [-0.2, -0.15) is 5.26 Å². The summed E-state index contributed by atoms with van der Waals surface area (Å²) in [6.45, 7) is 0. The summed E-state index contributed by atoms with van der Waals surface area (Å²) in [4.78, 5) is 20.1. The number of hydrogen-bond donors (Lipinski definition) is 3. The van der Waals surface area contributed by atoms with Gasteiger partial charge in [0.1, 0.15) is 17.5 Å². The van der Waals surface area contributed by atoms with E-state index in [0.29, 0.717) is 11.3 Å². The average molecular weight is 411 g/mol. The molecule has 0 spiro atoms. The second-order valence-corrected chi connectivity index (χ2v) is 6.43. The number of hydrogen-bond acceptors (Lipinski definition) is 6. The number of aromatic hydroxyl groups is 1. The summed E-state index contributed by atoms with van der Waals surface area (Å²) >= 11 is 0. The minimum Gasteiger partial charge on any atom is -0.508 e. The Hall–Kier alpha value is -4.32. The summed E-state index contributed by atoms with van der Waals surface area (Å²) in [6, 6.07) is 18.5. The lowest BCUT2D eigenvalue weighted by Gasteiger charge is -2.22. The Labute approximate surface area is 180 Å². The number of phenols is 1. The Kier molecular flexibility index (Phi) is 6.86. The Bertz CT molecular complexity index is 1130. The molecule has 0 aliphatic heterocycles. The summed E-state index contributed by atoms with van der Waals surface area (Å²) in [7, 11) is 6.81. The average Bonchev–Trinajstić information content (AvgIpc) is 2.81. The third kappa shape index (κ3) is 5.39. The number of benzene rings is 2. The SMILES string of the molecule is [B]N=C(NC(c1ccc(O)cc1)c1cccc(NC(=O)c2ccc(C#N)cn2)c1)OC. The van der Waals surface area contributed by atoms with Crippen molar-refractivity contribution < 1.29 is 14.6 Å². The standard InChI is InChI=1S/C22H18BN5O3/c1-31-22(28-23)27-20(15-6-8-18(29)9-7-15)16-3-2-4-17(11-16)26-21(30)19-10-5-14(12-24)13-25-19/h2-11,13,20,29H,1H3,(H,26,30)(H,27,28). The Balaban J connectivity index is 1.88. The topological polar surface area (TPSA) is 120 Å². The van der Waals surface area contributed by atoms with Gasteiger partial charge in [0.15, 0.2) is 0 Å². The molecule has 3 aromatic rings. The third-order valence-corrected chi connectivity index (χ3v) is 4.41. The third-order valence-electron chi connectivity index (χ3n) is 4.41. The number of rotatable bonds is 5. The molecule has 0 bridgehead atoms. The molecule has 2 radical (unpaired) electrons. The molecule has 8 nitrogen and oxygen atoms in total. The first-order valence-corrected chi connectivity index (χ1v) is 9.19. The zero-order chi connectivity index (χ0) is 22.2. The first-order valence-electron chi connectivity index (χ1n) is 9.19. The van der Waals surface area contributed by atoms with Crippen LogP contribution in [-0.4, -0.2) is 37.1 Å². The fourth-order valence-corrected chi connectivity index (χ4v) is 2.88. The maximum atomic E-state index is 12.5. The zero-order valence-corrected chi connectivity index (χ0v) is 16.6. The van der Waals surface area contributed by atoms with Gasteiger partial charge in [-0.05, 0) is 47.5 Å². The van der Waals surface area contributed by atoms with Gasteiger partial charge in [-0.3, -0.25) is 4.79 Å². The Morgan fingerprint density at radius 3 is 2.58 bits per heavy atom. The van der Waals surface area contributed by atoms with E-state index in [1.807, 2.05) is 12.1 Å². The number of nitrogens with one attached hydrogen (secondary N) is 2. The Morgan fingerprint density at radius 1 is 1.19 bits per heavy atom. The van der Waals surface area contributed by atoms with Crippen LogP contribution in [0.15, 0.2) is 71.8 Å². The lowest BCUT2D eigenvalue weighted by Crippen LogP contribution is -2.30. The van der Waals surface area contributed by atoms with Crippen LogP contribution in [-0.2, 0) is 4.74 Å². The van der Waals surface area contributed by atoms with Gasteiger partial charge in [0.2, 0.25) is 0 Å². The molecule has 0 aliphatic carbocycles. The summed E-state index contributed by atoms with van der Waals surface area (Å²) in [5.41, 5.74) is 2.71. The van der Waals surface area contributed by atoms with Crippen LogP contribution in [0, 0.1) is 11.3 Å². The van der Waals surface area contributed by atoms with E-state index in [0.717, 1.165) is 11.1 Å². The quantitative estimate of drug-likeness (QED) is 0.337. The van der Waals surface area contributed by atoms with Crippen LogP contribution >= 0.6 is 0 Å². The van der Waals surface area contributed by atoms with Crippen molar-refractivity contribution in [3.63, 3.8) is 0 Å². The number of carbonyl (C=O) groups excluding carboxylic acids is 1. The lowest BCUT2D eigenvalue weighted by molar-refractivity contribution is 0.102. The molecule has 1 aromatic heterocycles. The number of nitrogens with zero attached hydrogens (tertiary/aromatic N) is 3. The minimum atomic E-state index is -0.423. The van der Waals surface area contributed by atoms with Crippen molar-refractivity contribution in [1.82, 2.24) is 10.3 Å². The molecule has 0 aliphatic rings. The van der Waals surface area contributed by atoms with E-state index >= 15 is 0 Å². The highest BCUT2D eigenvalue weighted by molar-refractivity contribution is 6.11. The molecular formula is C22H18BN5O3. The highest BCUT2D eigenvalue weighted by atomic mass is 16.5. The number of amidine groups is 1. The van der Waals surface area contributed by atoms with E-state index in [1.165, 1.54) is 25.4 Å². The van der Waals surface area contributed by atoms with E-state index in [4.69, 9.17) is 18.0 Å². The van der Waals surface area contributed by atoms with Gasteiger partial charge in [-0.15, -0.1) is 0 Å². The van der Waals surface area contributed by atoms with Crippen LogP contribution in [0.5, 0.6) is 5.75 Å². The largest absolute Gasteiger partial charge is 0.508 e. The number of carbonyl (C=O) groups is 1. The summed E-state index contributed by atoms with van der Waals surface area (Å²) in [6.07, 6.45) is 1.34. The number of phenolic OH excluding ortho intramolecular Hbond substituents is 1. The summed E-state index contributed by atoms with van der Waals surface area (Å²) in [5.74, 6) is -0.269. The molecule has 0 fully saturated rings. The maximum absolute atomic E-state index is 12.5. The van der Waals surface area contributed by atoms with Gasteiger partial charge in [0.25, 0.3) is 19.9 Å². The fourth-order valence-electron chi connectivity index (χ4n) is 2.88. The number of pyridine rings is 1. The smallest absolute Gasteiger partial charge is 0.274 e. The highest BCUT2D eigenvalue weighted by Gasteiger charge is 2.17. The molecule has 1 heterocycles. The monoisotopic (exact) mass is 411 g/mol. The number of aromatic nitrogens is 1. The van der Waals surface area contributed by atoms with Gasteiger partial charge in [0, 0.05) is 11.9 Å².